The van der Waals surface area contributed by atoms with Crippen LogP contribution in [-0.4, -0.2) is 49.5 Å². The highest BCUT2D eigenvalue weighted by atomic mass is 79.9. The summed E-state index contributed by atoms with van der Waals surface area (Å²) in [5.41, 5.74) is 1.62. The molecule has 0 aromatic heterocycles. The molecule has 1 unspecified atom stereocenters. The fourth-order valence-corrected chi connectivity index (χ4v) is 6.27. The van der Waals surface area contributed by atoms with Gasteiger partial charge in [0.05, 0.1) is 10.6 Å². The van der Waals surface area contributed by atoms with Crippen LogP contribution in [0.15, 0.2) is 87.1 Å². The van der Waals surface area contributed by atoms with Gasteiger partial charge in [-0.15, -0.1) is 11.8 Å². The predicted octanol–water partition coefficient (Wildman–Crippen LogP) is 6.01. The summed E-state index contributed by atoms with van der Waals surface area (Å²) in [5, 5.41) is 2.93. The molecule has 1 N–H and O–H groups in total. The molecule has 0 heterocycles. The zero-order chi connectivity index (χ0) is 29.7. The summed E-state index contributed by atoms with van der Waals surface area (Å²) in [4.78, 5) is 29.6. The van der Waals surface area contributed by atoms with E-state index in [4.69, 9.17) is 0 Å². The van der Waals surface area contributed by atoms with E-state index >= 15 is 0 Å². The highest BCUT2D eigenvalue weighted by Gasteiger charge is 2.33. The fraction of sp³-hybridized carbons (Fsp3) is 0.333. The van der Waals surface area contributed by atoms with Crippen LogP contribution < -0.4 is 9.62 Å². The second-order valence-electron chi connectivity index (χ2n) is 10.6. The Labute approximate surface area is 250 Å². The molecule has 10 heteroatoms. The first-order valence-electron chi connectivity index (χ1n) is 12.8. The molecule has 2 amide bonds. The SMILES string of the molecule is CSc1ccc(S(=O)(=O)N(CC(=O)N(Cc2cccc(Br)c2)C(C)C(=O)NC(C)(C)C)c2ccc(C)cc2)cc1. The van der Waals surface area contributed by atoms with Crippen LogP contribution in [0.2, 0.25) is 0 Å². The summed E-state index contributed by atoms with van der Waals surface area (Å²) in [6, 6.07) is 20.2. The molecule has 1 atom stereocenters. The van der Waals surface area contributed by atoms with E-state index < -0.39 is 34.1 Å². The molecule has 0 bridgehead atoms. The Balaban J connectivity index is 2.03. The average molecular weight is 647 g/mol. The van der Waals surface area contributed by atoms with Crippen molar-refractivity contribution in [2.45, 2.75) is 62.5 Å². The topological polar surface area (TPSA) is 86.8 Å². The maximum atomic E-state index is 14.0. The van der Waals surface area contributed by atoms with Gasteiger partial charge in [-0.05, 0) is 95.0 Å². The van der Waals surface area contributed by atoms with E-state index in [0.717, 1.165) is 24.8 Å². The monoisotopic (exact) mass is 645 g/mol. The summed E-state index contributed by atoms with van der Waals surface area (Å²) in [7, 11) is -4.11. The van der Waals surface area contributed by atoms with E-state index in [0.29, 0.717) is 5.69 Å². The molecule has 0 spiro atoms. The normalized spacial score (nSPS) is 12.5. The van der Waals surface area contributed by atoms with Crippen LogP contribution in [0.3, 0.4) is 0 Å². The average Bonchev–Trinajstić information content (AvgIpc) is 2.89. The molecule has 3 aromatic rings. The summed E-state index contributed by atoms with van der Waals surface area (Å²) >= 11 is 4.97. The second-order valence-corrected chi connectivity index (χ2v) is 14.2. The number of hydrogen-bond donors (Lipinski definition) is 1. The molecule has 0 fully saturated rings. The number of nitrogens with zero attached hydrogens (tertiary/aromatic N) is 2. The zero-order valence-corrected chi connectivity index (χ0v) is 26.9. The van der Waals surface area contributed by atoms with Crippen molar-refractivity contribution in [1.29, 1.82) is 0 Å². The number of anilines is 1. The summed E-state index contributed by atoms with van der Waals surface area (Å²) in [6.07, 6.45) is 1.91. The van der Waals surface area contributed by atoms with Gasteiger partial charge in [0.2, 0.25) is 11.8 Å². The van der Waals surface area contributed by atoms with Crippen molar-refractivity contribution in [3.05, 3.63) is 88.4 Å². The molecule has 0 saturated heterocycles. The van der Waals surface area contributed by atoms with Crippen LogP contribution in [-0.2, 0) is 26.2 Å². The summed E-state index contributed by atoms with van der Waals surface area (Å²) < 4.78 is 29.8. The van der Waals surface area contributed by atoms with E-state index in [-0.39, 0.29) is 17.3 Å². The first-order chi connectivity index (χ1) is 18.7. The molecular formula is C30H36BrN3O4S2. The van der Waals surface area contributed by atoms with Gasteiger partial charge >= 0.3 is 0 Å². The highest BCUT2D eigenvalue weighted by Crippen LogP contribution is 2.27. The van der Waals surface area contributed by atoms with Crippen molar-refractivity contribution in [2.75, 3.05) is 17.1 Å². The van der Waals surface area contributed by atoms with Crippen molar-refractivity contribution >= 4 is 55.2 Å². The number of nitrogens with one attached hydrogen (secondary N) is 1. The first-order valence-corrected chi connectivity index (χ1v) is 16.3. The minimum absolute atomic E-state index is 0.0794. The lowest BCUT2D eigenvalue weighted by Crippen LogP contribution is -2.54. The Morgan fingerprint density at radius 3 is 2.17 bits per heavy atom. The van der Waals surface area contributed by atoms with Crippen molar-refractivity contribution in [3.8, 4) is 0 Å². The molecule has 3 aromatic carbocycles. The maximum Gasteiger partial charge on any atom is 0.264 e. The lowest BCUT2D eigenvalue weighted by molar-refractivity contribution is -0.140. The quantitative estimate of drug-likeness (QED) is 0.273. The number of carbonyl (C=O) groups excluding carboxylic acids is 2. The number of benzene rings is 3. The molecule has 0 saturated carbocycles. The number of halogens is 1. The smallest absolute Gasteiger partial charge is 0.264 e. The van der Waals surface area contributed by atoms with Crippen molar-refractivity contribution in [3.63, 3.8) is 0 Å². The Morgan fingerprint density at radius 2 is 1.62 bits per heavy atom. The Bertz CT molecular complexity index is 1440. The fourth-order valence-electron chi connectivity index (χ4n) is 4.00. The van der Waals surface area contributed by atoms with Gasteiger partial charge < -0.3 is 10.2 Å². The van der Waals surface area contributed by atoms with Crippen LogP contribution in [0.4, 0.5) is 5.69 Å². The van der Waals surface area contributed by atoms with Gasteiger partial charge in [-0.1, -0.05) is 45.8 Å². The lowest BCUT2D eigenvalue weighted by Gasteiger charge is -2.33. The molecule has 0 aliphatic heterocycles. The Morgan fingerprint density at radius 1 is 1.00 bits per heavy atom. The summed E-state index contributed by atoms with van der Waals surface area (Å²) in [6.45, 7) is 8.81. The third kappa shape index (κ3) is 8.34. The van der Waals surface area contributed by atoms with Crippen molar-refractivity contribution in [1.82, 2.24) is 10.2 Å². The van der Waals surface area contributed by atoms with Gasteiger partial charge in [-0.2, -0.15) is 0 Å². The largest absolute Gasteiger partial charge is 0.350 e. The molecule has 0 aliphatic carbocycles. The number of hydrogen-bond acceptors (Lipinski definition) is 5. The first kappa shape index (κ1) is 31.7. The van der Waals surface area contributed by atoms with Gasteiger partial charge in [0.1, 0.15) is 12.6 Å². The third-order valence-corrected chi connectivity index (χ3v) is 9.18. The number of thioether (sulfide) groups is 1. The number of amides is 2. The van der Waals surface area contributed by atoms with Crippen molar-refractivity contribution < 1.29 is 18.0 Å². The minimum atomic E-state index is -4.11. The van der Waals surface area contributed by atoms with Gasteiger partial charge in [0.15, 0.2) is 0 Å². The van der Waals surface area contributed by atoms with Crippen LogP contribution in [0.5, 0.6) is 0 Å². The van der Waals surface area contributed by atoms with Gasteiger partial charge in [0.25, 0.3) is 10.0 Å². The minimum Gasteiger partial charge on any atom is -0.350 e. The van der Waals surface area contributed by atoms with Gasteiger partial charge in [-0.25, -0.2) is 8.42 Å². The standard InChI is InChI=1S/C30H36BrN3O4S2/c1-21-10-12-25(13-11-21)34(40(37,38)27-16-14-26(39-6)15-17-27)20-28(35)33(19-23-8-7-9-24(31)18-23)22(2)29(36)32-30(3,4)5/h7-18,22H,19-20H2,1-6H3,(H,32,36). The molecule has 214 valence electrons. The highest BCUT2D eigenvalue weighted by molar-refractivity contribution is 9.10. The Hall–Kier alpha value is -2.82. The van der Waals surface area contributed by atoms with Crippen LogP contribution >= 0.6 is 27.7 Å². The molecule has 0 radical (unpaired) electrons. The van der Waals surface area contributed by atoms with E-state index in [1.807, 2.05) is 58.2 Å². The van der Waals surface area contributed by atoms with Crippen LogP contribution in [0.1, 0.15) is 38.8 Å². The van der Waals surface area contributed by atoms with E-state index in [1.54, 1.807) is 55.5 Å². The van der Waals surface area contributed by atoms with Crippen LogP contribution in [0.25, 0.3) is 0 Å². The maximum absolute atomic E-state index is 14.0. The lowest BCUT2D eigenvalue weighted by atomic mass is 10.1. The molecule has 0 aliphatic rings. The molecule has 3 rings (SSSR count). The van der Waals surface area contributed by atoms with Gasteiger partial charge in [-0.3, -0.25) is 13.9 Å². The van der Waals surface area contributed by atoms with E-state index in [9.17, 15) is 18.0 Å². The predicted molar refractivity (Wildman–Crippen MR) is 166 cm³/mol. The zero-order valence-electron chi connectivity index (χ0n) is 23.6. The number of sulfonamides is 1. The third-order valence-electron chi connectivity index (χ3n) is 6.16. The van der Waals surface area contributed by atoms with Gasteiger partial charge in [0, 0.05) is 21.5 Å². The van der Waals surface area contributed by atoms with E-state index in [1.165, 1.54) is 16.7 Å². The molecular weight excluding hydrogens is 610 g/mol. The summed E-state index contributed by atoms with van der Waals surface area (Å²) in [5.74, 6) is -0.824. The molecule has 40 heavy (non-hydrogen) atoms. The number of rotatable bonds is 10. The number of aryl methyl sites for hydroxylation is 1. The van der Waals surface area contributed by atoms with Crippen LogP contribution in [0, 0.1) is 6.92 Å². The van der Waals surface area contributed by atoms with Crippen molar-refractivity contribution in [2.24, 2.45) is 0 Å². The second kappa shape index (κ2) is 13.2. The Kier molecular flexibility index (Phi) is 10.5. The van der Waals surface area contributed by atoms with E-state index in [2.05, 4.69) is 21.2 Å². The number of carbonyl (C=O) groups is 2. The molecule has 7 nitrogen and oxygen atoms in total.